The topological polar surface area (TPSA) is 155 Å². The first-order valence-corrected chi connectivity index (χ1v) is 19.7. The Bertz CT molecular complexity index is 1590. The predicted molar refractivity (Wildman–Crippen MR) is 199 cm³/mol. The number of hydrogen-bond donors (Lipinski definition) is 1. The molecule has 274 valence electrons. The van der Waals surface area contributed by atoms with Crippen LogP contribution in [0.2, 0.25) is 16.6 Å². The van der Waals surface area contributed by atoms with Gasteiger partial charge in [-0.1, -0.05) is 41.5 Å². The molecule has 0 spiro atoms. The van der Waals surface area contributed by atoms with Crippen molar-refractivity contribution in [3.8, 4) is 17.6 Å². The van der Waals surface area contributed by atoms with Gasteiger partial charge < -0.3 is 29.1 Å². The summed E-state index contributed by atoms with van der Waals surface area (Å²) in [6, 6.07) is 7.92. The number of carbonyl (C=O) groups is 2. The third kappa shape index (κ3) is 10.6. The van der Waals surface area contributed by atoms with Crippen LogP contribution in [0.3, 0.4) is 0 Å². The molecule has 0 fully saturated rings. The van der Waals surface area contributed by atoms with E-state index in [-0.39, 0.29) is 57.8 Å². The number of amides is 1. The lowest BCUT2D eigenvalue weighted by Crippen LogP contribution is -2.48. The molecule has 2 N–H and O–H groups in total. The Morgan fingerprint density at radius 2 is 1.64 bits per heavy atom. The summed E-state index contributed by atoms with van der Waals surface area (Å²) in [5.74, 6) is -1.39. The van der Waals surface area contributed by atoms with Gasteiger partial charge in [0.2, 0.25) is 0 Å². The summed E-state index contributed by atoms with van der Waals surface area (Å²) in [6.45, 7) is 18.5. The number of methoxy groups -OCH3 is 2. The van der Waals surface area contributed by atoms with E-state index < -0.39 is 37.8 Å². The van der Waals surface area contributed by atoms with Crippen LogP contribution >= 0.6 is 11.8 Å². The van der Waals surface area contributed by atoms with Crippen molar-refractivity contribution < 1.29 is 37.4 Å². The van der Waals surface area contributed by atoms with Crippen molar-refractivity contribution in [1.29, 1.82) is 5.26 Å². The number of benzene rings is 2. The summed E-state index contributed by atoms with van der Waals surface area (Å²) in [6.07, 6.45) is 0.709. The Morgan fingerprint density at radius 1 is 1.02 bits per heavy atom. The third-order valence-electron chi connectivity index (χ3n) is 8.06. The molecule has 2 aromatic rings. The van der Waals surface area contributed by atoms with Gasteiger partial charge in [-0.2, -0.15) is 10.3 Å². The number of halogens is 1. The molecule has 0 radical (unpaired) electrons. The minimum absolute atomic E-state index is 0.0159. The smallest absolute Gasteiger partial charge is 0.434 e. The molecule has 11 nitrogen and oxygen atoms in total. The number of aliphatic imine (C=N–C) groups is 2. The predicted octanol–water partition coefficient (Wildman–Crippen LogP) is 8.27. The van der Waals surface area contributed by atoms with Crippen molar-refractivity contribution in [3.05, 3.63) is 52.8 Å². The van der Waals surface area contributed by atoms with Crippen LogP contribution in [0, 0.1) is 17.1 Å². The van der Waals surface area contributed by atoms with E-state index in [9.17, 15) is 14.9 Å². The van der Waals surface area contributed by atoms with Gasteiger partial charge in [-0.05, 0) is 73.5 Å². The minimum Gasteiger partial charge on any atom is -0.497 e. The van der Waals surface area contributed by atoms with E-state index in [1.54, 1.807) is 27.0 Å². The molecule has 0 heterocycles. The Hall–Kier alpha value is -3.77. The molecule has 0 saturated carbocycles. The molecule has 0 saturated heterocycles. The Kier molecular flexibility index (Phi) is 15.7. The van der Waals surface area contributed by atoms with Crippen LogP contribution in [0.25, 0.3) is 0 Å². The molecule has 0 aliphatic rings. The van der Waals surface area contributed by atoms with Crippen LogP contribution in [0.4, 0.5) is 14.9 Å². The molecule has 1 amide bonds. The molecule has 2 rings (SSSR count). The molecular formula is C36H51FN4O7SSi. The summed E-state index contributed by atoms with van der Waals surface area (Å²) < 4.78 is 44.7. The summed E-state index contributed by atoms with van der Waals surface area (Å²) in [5.41, 5.74) is 6.84. The number of carbonyl (C=O) groups excluding carboxylic acids is 2. The highest BCUT2D eigenvalue weighted by Gasteiger charge is 2.45. The van der Waals surface area contributed by atoms with Gasteiger partial charge in [-0.15, -0.1) is 11.8 Å². The van der Waals surface area contributed by atoms with Crippen LogP contribution in [-0.4, -0.2) is 70.4 Å². The fraction of sp³-hybridized carbons (Fsp3) is 0.528. The largest absolute Gasteiger partial charge is 0.497 e. The van der Waals surface area contributed by atoms with Crippen molar-refractivity contribution in [2.75, 3.05) is 33.7 Å². The van der Waals surface area contributed by atoms with E-state index in [1.807, 2.05) is 6.07 Å². The standard InChI is InChI=1S/C36H51FN4O7SSi/c1-21(2)50(22(3)4,23(5)6)47-16-15-46-29-19-26(44-10)18-28(30(29)37)32(33(49-12)41-35(43)45-11)40-25-14-13-24(20-38)27(17-25)31(39)34(42)48-36(7,8)9/h13-14,17-19,21-23,31H,15-16,39H2,1-12H3/b40-32+,41-33-. The Balaban J connectivity index is 2.72. The maximum atomic E-state index is 16.5. The highest BCUT2D eigenvalue weighted by Crippen LogP contribution is 2.42. The van der Waals surface area contributed by atoms with E-state index >= 15 is 4.39 Å². The molecule has 50 heavy (non-hydrogen) atoms. The summed E-state index contributed by atoms with van der Waals surface area (Å²) in [4.78, 5) is 33.9. The van der Waals surface area contributed by atoms with Crippen molar-refractivity contribution in [2.24, 2.45) is 15.7 Å². The molecular weight excluding hydrogens is 680 g/mol. The van der Waals surface area contributed by atoms with Crippen LogP contribution in [-0.2, 0) is 18.7 Å². The number of nitrogens with two attached hydrogens (primary N) is 1. The van der Waals surface area contributed by atoms with Crippen molar-refractivity contribution in [3.63, 3.8) is 0 Å². The molecule has 1 unspecified atom stereocenters. The van der Waals surface area contributed by atoms with Gasteiger partial charge in [0, 0.05) is 11.6 Å². The van der Waals surface area contributed by atoms with E-state index in [2.05, 4.69) is 51.5 Å². The second kappa shape index (κ2) is 18.5. The third-order valence-corrected chi connectivity index (χ3v) is 14.8. The number of esters is 1. The van der Waals surface area contributed by atoms with Crippen molar-refractivity contribution >= 4 is 48.6 Å². The first-order valence-electron chi connectivity index (χ1n) is 16.3. The molecule has 0 aliphatic carbocycles. The van der Waals surface area contributed by atoms with E-state index in [1.165, 1.54) is 44.6 Å². The van der Waals surface area contributed by atoms with E-state index in [0.717, 1.165) is 11.8 Å². The van der Waals surface area contributed by atoms with Crippen LogP contribution in [0.5, 0.6) is 11.5 Å². The zero-order valence-corrected chi connectivity index (χ0v) is 33.0. The van der Waals surface area contributed by atoms with Gasteiger partial charge in [0.05, 0.1) is 38.1 Å². The van der Waals surface area contributed by atoms with Crippen molar-refractivity contribution in [2.45, 2.75) is 90.6 Å². The summed E-state index contributed by atoms with van der Waals surface area (Å²) >= 11 is 1.03. The summed E-state index contributed by atoms with van der Waals surface area (Å²) in [5, 5.41) is 9.79. The lowest BCUT2D eigenvalue weighted by molar-refractivity contribution is -0.156. The number of nitrogens with zero attached hydrogens (tertiary/aromatic N) is 3. The molecule has 1 atom stereocenters. The fourth-order valence-electron chi connectivity index (χ4n) is 5.99. The second-order valence-electron chi connectivity index (χ2n) is 13.4. The lowest BCUT2D eigenvalue weighted by atomic mass is 10.00. The first kappa shape index (κ1) is 42.4. The van der Waals surface area contributed by atoms with Gasteiger partial charge in [-0.3, -0.25) is 0 Å². The van der Waals surface area contributed by atoms with Crippen molar-refractivity contribution in [1.82, 2.24) is 0 Å². The van der Waals surface area contributed by atoms with Crippen LogP contribution in [0.15, 0.2) is 40.3 Å². The van der Waals surface area contributed by atoms with Gasteiger partial charge in [0.1, 0.15) is 34.8 Å². The van der Waals surface area contributed by atoms with Gasteiger partial charge in [0.15, 0.2) is 19.9 Å². The SMILES string of the molecule is COC(=O)/N=C(SC)/C(=N/c1ccc(C#N)c(C(N)C(=O)OC(C)(C)C)c1)c1cc(OC)cc(OCCO[Si](C(C)C)(C(C)C)C(C)C)c1F. The van der Waals surface area contributed by atoms with Crippen LogP contribution < -0.4 is 15.2 Å². The maximum absolute atomic E-state index is 16.5. The number of nitriles is 1. The van der Waals surface area contributed by atoms with Gasteiger partial charge in [-0.25, -0.2) is 19.0 Å². The molecule has 0 bridgehead atoms. The Labute approximate surface area is 300 Å². The quantitative estimate of drug-likeness (QED) is 0.0660. The highest BCUT2D eigenvalue weighted by atomic mass is 32.2. The normalized spacial score (nSPS) is 13.4. The average molecular weight is 731 g/mol. The number of rotatable bonds is 14. The number of thioether (sulfide) groups is 1. The molecule has 2 aromatic carbocycles. The highest BCUT2D eigenvalue weighted by molar-refractivity contribution is 8.15. The number of ether oxygens (including phenoxy) is 4. The van der Waals surface area contributed by atoms with E-state index in [4.69, 9.17) is 29.1 Å². The Morgan fingerprint density at radius 3 is 2.14 bits per heavy atom. The first-order chi connectivity index (χ1) is 23.4. The lowest BCUT2D eigenvalue weighted by Gasteiger charge is -2.42. The summed E-state index contributed by atoms with van der Waals surface area (Å²) in [7, 11) is 0.411. The zero-order valence-electron chi connectivity index (χ0n) is 31.2. The monoisotopic (exact) mass is 730 g/mol. The van der Waals surface area contributed by atoms with E-state index in [0.29, 0.717) is 16.6 Å². The van der Waals surface area contributed by atoms with Gasteiger partial charge >= 0.3 is 12.1 Å². The number of hydrogen-bond acceptors (Lipinski definition) is 11. The maximum Gasteiger partial charge on any atom is 0.434 e. The molecule has 0 aliphatic heterocycles. The van der Waals surface area contributed by atoms with Crippen LogP contribution in [0.1, 0.15) is 85.0 Å². The average Bonchev–Trinajstić information content (AvgIpc) is 3.05. The second-order valence-corrected chi connectivity index (χ2v) is 19.7. The molecule has 14 heteroatoms. The molecule has 0 aromatic heterocycles. The fourth-order valence-corrected chi connectivity index (χ4v) is 11.9. The zero-order chi connectivity index (χ0) is 38.0. The van der Waals surface area contributed by atoms with Gasteiger partial charge in [0.25, 0.3) is 0 Å². The minimum atomic E-state index is -2.19.